The zero-order chi connectivity index (χ0) is 16.2. The lowest BCUT2D eigenvalue weighted by molar-refractivity contribution is -0.0363. The van der Waals surface area contributed by atoms with Crippen LogP contribution in [0.4, 0.5) is 4.79 Å². The van der Waals surface area contributed by atoms with Crippen LogP contribution in [0.3, 0.4) is 0 Å². The normalized spacial score (nSPS) is 18.1. The number of rotatable bonds is 3. The van der Waals surface area contributed by atoms with Crippen molar-refractivity contribution in [3.8, 4) is 0 Å². The van der Waals surface area contributed by atoms with Gasteiger partial charge in [0.15, 0.2) is 0 Å². The minimum atomic E-state index is -0.672. The molecule has 122 valence electrons. The van der Waals surface area contributed by atoms with E-state index < -0.39 is 11.2 Å². The van der Waals surface area contributed by atoms with E-state index in [9.17, 15) is 9.90 Å². The molecule has 1 aliphatic rings. The molecule has 0 saturated carbocycles. The molecule has 1 aromatic carbocycles. The van der Waals surface area contributed by atoms with Gasteiger partial charge in [-0.25, -0.2) is 4.79 Å². The average molecular weight is 305 g/mol. The average Bonchev–Trinajstić information content (AvgIpc) is 2.45. The van der Waals surface area contributed by atoms with Gasteiger partial charge in [-0.1, -0.05) is 30.3 Å². The van der Waals surface area contributed by atoms with Gasteiger partial charge in [0.2, 0.25) is 0 Å². The molecule has 1 N–H and O–H groups in total. The van der Waals surface area contributed by atoms with Crippen LogP contribution in [0.15, 0.2) is 30.3 Å². The van der Waals surface area contributed by atoms with Gasteiger partial charge in [0.25, 0.3) is 0 Å². The predicted molar refractivity (Wildman–Crippen MR) is 86.8 cm³/mol. The Morgan fingerprint density at radius 3 is 2.36 bits per heavy atom. The van der Waals surface area contributed by atoms with E-state index in [-0.39, 0.29) is 6.09 Å². The maximum Gasteiger partial charge on any atom is 0.410 e. The van der Waals surface area contributed by atoms with Crippen LogP contribution in [0.5, 0.6) is 0 Å². The number of amides is 1. The van der Waals surface area contributed by atoms with Gasteiger partial charge >= 0.3 is 6.09 Å². The number of nitrogens with zero attached hydrogens (tertiary/aromatic N) is 1. The van der Waals surface area contributed by atoms with Crippen LogP contribution in [0.1, 0.15) is 45.6 Å². The van der Waals surface area contributed by atoms with Crippen LogP contribution in [0, 0.1) is 0 Å². The molecule has 2 rings (SSSR count). The molecule has 4 heteroatoms. The third kappa shape index (κ3) is 5.02. The first-order valence-electron chi connectivity index (χ1n) is 8.02. The van der Waals surface area contributed by atoms with Crippen molar-refractivity contribution in [2.45, 2.75) is 57.7 Å². The van der Waals surface area contributed by atoms with Crippen molar-refractivity contribution in [2.75, 3.05) is 13.1 Å². The van der Waals surface area contributed by atoms with Crippen LogP contribution in [0.25, 0.3) is 0 Å². The molecular weight excluding hydrogens is 278 g/mol. The van der Waals surface area contributed by atoms with Crippen LogP contribution in [-0.4, -0.2) is 40.4 Å². The number of likely N-dealkylation sites (tertiary alicyclic amines) is 1. The highest BCUT2D eigenvalue weighted by atomic mass is 16.6. The van der Waals surface area contributed by atoms with Crippen molar-refractivity contribution in [3.05, 3.63) is 35.9 Å². The first-order chi connectivity index (χ1) is 10.3. The first-order valence-corrected chi connectivity index (χ1v) is 8.02. The van der Waals surface area contributed by atoms with Gasteiger partial charge in [-0.3, -0.25) is 0 Å². The molecule has 1 aliphatic heterocycles. The Bertz CT molecular complexity index is 485. The van der Waals surface area contributed by atoms with E-state index in [0.29, 0.717) is 25.9 Å². The van der Waals surface area contributed by atoms with E-state index in [1.165, 1.54) is 5.56 Å². The topological polar surface area (TPSA) is 49.8 Å². The van der Waals surface area contributed by atoms with Crippen molar-refractivity contribution < 1.29 is 14.6 Å². The molecule has 0 atom stereocenters. The number of piperidine rings is 1. The molecule has 0 unspecified atom stereocenters. The molecule has 1 aromatic rings. The van der Waals surface area contributed by atoms with E-state index in [1.807, 2.05) is 39.0 Å². The summed E-state index contributed by atoms with van der Waals surface area (Å²) in [5, 5.41) is 10.7. The van der Waals surface area contributed by atoms with Crippen molar-refractivity contribution >= 4 is 6.09 Å². The van der Waals surface area contributed by atoms with Crippen molar-refractivity contribution in [3.63, 3.8) is 0 Å². The van der Waals surface area contributed by atoms with Crippen molar-refractivity contribution in [2.24, 2.45) is 0 Å². The minimum absolute atomic E-state index is 0.280. The van der Waals surface area contributed by atoms with Crippen molar-refractivity contribution in [1.29, 1.82) is 0 Å². The summed E-state index contributed by atoms with van der Waals surface area (Å²) in [7, 11) is 0. The lowest BCUT2D eigenvalue weighted by atomic mass is 9.86. The predicted octanol–water partition coefficient (Wildman–Crippen LogP) is 3.38. The third-order valence-electron chi connectivity index (χ3n) is 4.07. The largest absolute Gasteiger partial charge is 0.444 e. The zero-order valence-electron chi connectivity index (χ0n) is 13.8. The Labute approximate surface area is 133 Å². The maximum atomic E-state index is 12.0. The van der Waals surface area contributed by atoms with Crippen molar-refractivity contribution in [1.82, 2.24) is 4.90 Å². The Morgan fingerprint density at radius 1 is 1.23 bits per heavy atom. The lowest BCUT2D eigenvalue weighted by Gasteiger charge is -2.38. The molecular formula is C18H27NO3. The van der Waals surface area contributed by atoms with Gasteiger partial charge in [-0.05, 0) is 52.0 Å². The first kappa shape index (κ1) is 16.8. The summed E-state index contributed by atoms with van der Waals surface area (Å²) in [6.07, 6.45) is 2.54. The molecule has 1 saturated heterocycles. The fourth-order valence-corrected chi connectivity index (χ4v) is 2.70. The van der Waals surface area contributed by atoms with Crippen LogP contribution in [0.2, 0.25) is 0 Å². The zero-order valence-corrected chi connectivity index (χ0v) is 13.8. The van der Waals surface area contributed by atoms with Gasteiger partial charge in [0, 0.05) is 13.1 Å². The molecule has 4 nitrogen and oxygen atoms in total. The molecule has 0 aliphatic carbocycles. The Balaban J connectivity index is 1.81. The number of aryl methyl sites for hydroxylation is 1. The highest BCUT2D eigenvalue weighted by molar-refractivity contribution is 5.68. The van der Waals surface area contributed by atoms with Crippen LogP contribution in [-0.2, 0) is 11.2 Å². The van der Waals surface area contributed by atoms with Gasteiger partial charge in [-0.2, -0.15) is 0 Å². The second-order valence-electron chi connectivity index (χ2n) is 7.18. The molecule has 1 amide bonds. The van der Waals surface area contributed by atoms with Gasteiger partial charge in [0.1, 0.15) is 5.60 Å². The second kappa shape index (κ2) is 6.69. The van der Waals surface area contributed by atoms with E-state index in [1.54, 1.807) is 4.90 Å². The number of benzene rings is 1. The molecule has 0 spiro atoms. The van der Waals surface area contributed by atoms with Gasteiger partial charge in [-0.15, -0.1) is 0 Å². The van der Waals surface area contributed by atoms with E-state index in [4.69, 9.17) is 4.74 Å². The van der Waals surface area contributed by atoms with E-state index in [0.717, 1.165) is 12.8 Å². The second-order valence-corrected chi connectivity index (χ2v) is 7.18. The lowest BCUT2D eigenvalue weighted by Crippen LogP contribution is -2.48. The fourth-order valence-electron chi connectivity index (χ4n) is 2.70. The monoisotopic (exact) mass is 305 g/mol. The fraction of sp³-hybridized carbons (Fsp3) is 0.611. The van der Waals surface area contributed by atoms with Crippen LogP contribution >= 0.6 is 0 Å². The molecule has 0 radical (unpaired) electrons. The summed E-state index contributed by atoms with van der Waals surface area (Å²) in [5.41, 5.74) is 0.0949. The van der Waals surface area contributed by atoms with E-state index in [2.05, 4.69) is 12.1 Å². The molecule has 1 fully saturated rings. The number of ether oxygens (including phenoxy) is 1. The number of hydrogen-bond acceptors (Lipinski definition) is 3. The molecule has 0 bridgehead atoms. The third-order valence-corrected chi connectivity index (χ3v) is 4.07. The van der Waals surface area contributed by atoms with Crippen LogP contribution < -0.4 is 0 Å². The number of carbonyl (C=O) groups is 1. The summed E-state index contributed by atoms with van der Waals surface area (Å²) >= 11 is 0. The summed E-state index contributed by atoms with van der Waals surface area (Å²) < 4.78 is 5.38. The SMILES string of the molecule is CC(C)(C)OC(=O)N1CCC(O)(CCc2ccccc2)CC1. The summed E-state index contributed by atoms with van der Waals surface area (Å²) in [5.74, 6) is 0. The molecule has 22 heavy (non-hydrogen) atoms. The summed E-state index contributed by atoms with van der Waals surface area (Å²) in [4.78, 5) is 13.7. The number of aliphatic hydroxyl groups is 1. The quantitative estimate of drug-likeness (QED) is 0.931. The Kier molecular flexibility index (Phi) is 5.12. The summed E-state index contributed by atoms with van der Waals surface area (Å²) in [6, 6.07) is 10.2. The highest BCUT2D eigenvalue weighted by Crippen LogP contribution is 2.28. The highest BCUT2D eigenvalue weighted by Gasteiger charge is 2.34. The van der Waals surface area contributed by atoms with Gasteiger partial charge in [0.05, 0.1) is 5.60 Å². The number of hydrogen-bond donors (Lipinski definition) is 1. The maximum absolute atomic E-state index is 12.0. The minimum Gasteiger partial charge on any atom is -0.444 e. The Morgan fingerprint density at radius 2 is 1.82 bits per heavy atom. The Hall–Kier alpha value is -1.55. The molecule has 0 aromatic heterocycles. The molecule has 1 heterocycles. The van der Waals surface area contributed by atoms with Gasteiger partial charge < -0.3 is 14.7 Å². The van der Waals surface area contributed by atoms with E-state index >= 15 is 0 Å². The number of carbonyl (C=O) groups excluding carboxylic acids is 1. The standard InChI is InChI=1S/C18H27NO3/c1-17(2,3)22-16(20)19-13-11-18(21,12-14-19)10-9-15-7-5-4-6-8-15/h4-8,21H,9-14H2,1-3H3. The smallest absolute Gasteiger partial charge is 0.410 e. The summed E-state index contributed by atoms with van der Waals surface area (Å²) in [6.45, 7) is 6.71.